The topological polar surface area (TPSA) is 121 Å². The number of nitrogens with zero attached hydrogens (tertiary/aromatic N) is 3. The Morgan fingerprint density at radius 3 is 2.89 bits per heavy atom. The molecule has 7 nitrogen and oxygen atoms in total. The van der Waals surface area contributed by atoms with Crippen LogP contribution in [0, 0.1) is 0 Å². The number of alkyl halides is 1. The average molecular weight is 284 g/mol. The summed E-state index contributed by atoms with van der Waals surface area (Å²) in [6, 6.07) is -0.332. The fourth-order valence-corrected chi connectivity index (χ4v) is 2.17. The number of rotatable bonds is 6. The minimum atomic E-state index is -1.31. The van der Waals surface area contributed by atoms with Crippen LogP contribution in [0.5, 0.6) is 0 Å². The van der Waals surface area contributed by atoms with Crippen LogP contribution in [0.2, 0.25) is 6.32 Å². The summed E-state index contributed by atoms with van der Waals surface area (Å²) in [4.78, 5) is 15.1. The number of aromatic nitrogens is 4. The molecule has 2 heterocycles. The summed E-state index contributed by atoms with van der Waals surface area (Å²) in [6.45, 7) is 0. The standard InChI is InChI=1S/C10H15BClN5O2/c12-7(6(13)2-1-3-11(18)19)8-9-10(16-4-14-8)17-5-15-9/h4-7,18-19H,1-3,13H2,(H,14,15,16,17). The zero-order chi connectivity index (χ0) is 13.8. The molecule has 0 aliphatic carbocycles. The molecule has 0 saturated carbocycles. The van der Waals surface area contributed by atoms with Crippen LogP contribution < -0.4 is 5.73 Å². The lowest BCUT2D eigenvalue weighted by Gasteiger charge is -2.17. The molecule has 0 bridgehead atoms. The van der Waals surface area contributed by atoms with E-state index in [1.54, 1.807) is 0 Å². The third-order valence-corrected chi connectivity index (χ3v) is 3.42. The van der Waals surface area contributed by atoms with Gasteiger partial charge in [0.05, 0.1) is 17.4 Å². The number of nitrogens with two attached hydrogens (primary N) is 1. The SMILES string of the molecule is NC(CCCB(O)O)C(Cl)c1ncnc2nc[nH]c12. The first kappa shape index (κ1) is 14.2. The molecule has 0 aliphatic heterocycles. The highest BCUT2D eigenvalue weighted by Crippen LogP contribution is 2.27. The van der Waals surface area contributed by atoms with Crippen molar-refractivity contribution in [2.45, 2.75) is 30.6 Å². The largest absolute Gasteiger partial charge is 0.451 e. The first-order valence-electron chi connectivity index (χ1n) is 5.99. The van der Waals surface area contributed by atoms with Gasteiger partial charge in [-0.2, -0.15) is 0 Å². The van der Waals surface area contributed by atoms with E-state index in [1.165, 1.54) is 12.7 Å². The fourth-order valence-electron chi connectivity index (χ4n) is 1.88. The van der Waals surface area contributed by atoms with Crippen molar-refractivity contribution in [1.29, 1.82) is 0 Å². The summed E-state index contributed by atoms with van der Waals surface area (Å²) in [5, 5.41) is 17.1. The van der Waals surface area contributed by atoms with E-state index in [1.807, 2.05) is 0 Å². The summed E-state index contributed by atoms with van der Waals surface area (Å²) in [5.74, 6) is 0. The molecule has 0 radical (unpaired) electrons. The molecule has 0 amide bonds. The highest BCUT2D eigenvalue weighted by atomic mass is 35.5. The number of imidazole rings is 1. The molecule has 0 spiro atoms. The highest BCUT2D eigenvalue weighted by molar-refractivity contribution is 6.40. The fraction of sp³-hybridized carbons (Fsp3) is 0.500. The third-order valence-electron chi connectivity index (χ3n) is 2.89. The van der Waals surface area contributed by atoms with Crippen molar-refractivity contribution < 1.29 is 10.0 Å². The Kier molecular flexibility index (Phi) is 4.70. The van der Waals surface area contributed by atoms with E-state index in [0.717, 1.165) is 0 Å². The first-order valence-corrected chi connectivity index (χ1v) is 6.43. The number of halogens is 1. The Balaban J connectivity index is 2.06. The van der Waals surface area contributed by atoms with Crippen molar-refractivity contribution in [2.75, 3.05) is 0 Å². The lowest BCUT2D eigenvalue weighted by molar-refractivity contribution is 0.400. The second-order valence-electron chi connectivity index (χ2n) is 4.34. The van der Waals surface area contributed by atoms with E-state index in [2.05, 4.69) is 19.9 Å². The average Bonchev–Trinajstić information content (AvgIpc) is 2.85. The molecular formula is C10H15BClN5O2. The van der Waals surface area contributed by atoms with Crippen molar-refractivity contribution in [1.82, 2.24) is 19.9 Å². The van der Waals surface area contributed by atoms with Crippen LogP contribution in [-0.2, 0) is 0 Å². The van der Waals surface area contributed by atoms with Crippen molar-refractivity contribution in [3.8, 4) is 0 Å². The number of aromatic amines is 1. The normalized spacial score (nSPS) is 14.5. The molecular weight excluding hydrogens is 268 g/mol. The summed E-state index contributed by atoms with van der Waals surface area (Å²) in [5.41, 5.74) is 7.85. The van der Waals surface area contributed by atoms with Crippen LogP contribution in [0.25, 0.3) is 11.2 Å². The van der Waals surface area contributed by atoms with Gasteiger partial charge in [-0.3, -0.25) is 0 Å². The lowest BCUT2D eigenvalue weighted by atomic mass is 9.83. The predicted molar refractivity (Wildman–Crippen MR) is 72.5 cm³/mol. The zero-order valence-corrected chi connectivity index (χ0v) is 11.0. The Bertz CT molecular complexity index is 537. The van der Waals surface area contributed by atoms with Crippen LogP contribution in [0.4, 0.5) is 0 Å². The number of fused-ring (bicyclic) bond motifs is 1. The maximum absolute atomic E-state index is 8.78. The molecule has 2 rings (SSSR count). The van der Waals surface area contributed by atoms with Gasteiger partial charge in [-0.05, 0) is 12.7 Å². The Hall–Kier alpha value is -1.22. The predicted octanol–water partition coefficient (Wildman–Crippen LogP) is 0.213. The summed E-state index contributed by atoms with van der Waals surface area (Å²) < 4.78 is 0. The Morgan fingerprint density at radius 2 is 2.16 bits per heavy atom. The molecule has 102 valence electrons. The lowest BCUT2D eigenvalue weighted by Crippen LogP contribution is -2.26. The van der Waals surface area contributed by atoms with Gasteiger partial charge in [0.15, 0.2) is 5.65 Å². The molecule has 9 heteroatoms. The van der Waals surface area contributed by atoms with Crippen LogP contribution in [0.1, 0.15) is 23.9 Å². The Labute approximate surface area is 115 Å². The molecule has 2 aromatic rings. The van der Waals surface area contributed by atoms with Gasteiger partial charge in [0, 0.05) is 6.04 Å². The van der Waals surface area contributed by atoms with Gasteiger partial charge in [-0.15, -0.1) is 11.6 Å². The summed E-state index contributed by atoms with van der Waals surface area (Å²) in [6.07, 6.45) is 4.36. The number of nitrogens with one attached hydrogen (secondary N) is 1. The van der Waals surface area contributed by atoms with E-state index >= 15 is 0 Å². The van der Waals surface area contributed by atoms with Gasteiger partial charge in [0.2, 0.25) is 0 Å². The zero-order valence-electron chi connectivity index (χ0n) is 10.2. The van der Waals surface area contributed by atoms with Gasteiger partial charge < -0.3 is 20.8 Å². The molecule has 0 aliphatic rings. The molecule has 5 N–H and O–H groups in total. The first-order chi connectivity index (χ1) is 9.09. The van der Waals surface area contributed by atoms with Gasteiger partial charge in [0.1, 0.15) is 11.8 Å². The molecule has 2 unspecified atom stereocenters. The second kappa shape index (κ2) is 6.29. The van der Waals surface area contributed by atoms with Crippen LogP contribution >= 0.6 is 11.6 Å². The van der Waals surface area contributed by atoms with E-state index in [9.17, 15) is 0 Å². The van der Waals surface area contributed by atoms with Crippen LogP contribution in [-0.4, -0.2) is 43.1 Å². The third kappa shape index (κ3) is 3.41. The van der Waals surface area contributed by atoms with E-state index in [4.69, 9.17) is 27.4 Å². The van der Waals surface area contributed by atoms with Gasteiger partial charge >= 0.3 is 7.12 Å². The van der Waals surface area contributed by atoms with E-state index in [-0.39, 0.29) is 12.4 Å². The second-order valence-corrected chi connectivity index (χ2v) is 4.81. The monoisotopic (exact) mass is 283 g/mol. The number of H-pyrrole nitrogens is 1. The van der Waals surface area contributed by atoms with Gasteiger partial charge in [-0.25, -0.2) is 15.0 Å². The molecule has 19 heavy (non-hydrogen) atoms. The quantitative estimate of drug-likeness (QED) is 0.444. The van der Waals surface area contributed by atoms with Crippen molar-refractivity contribution >= 4 is 29.9 Å². The number of hydrogen-bond donors (Lipinski definition) is 4. The van der Waals surface area contributed by atoms with Crippen molar-refractivity contribution in [2.24, 2.45) is 5.73 Å². The molecule has 0 saturated heterocycles. The smallest absolute Gasteiger partial charge is 0.427 e. The van der Waals surface area contributed by atoms with E-state index < -0.39 is 12.5 Å². The highest BCUT2D eigenvalue weighted by Gasteiger charge is 2.22. The minimum absolute atomic E-state index is 0.278. The van der Waals surface area contributed by atoms with Gasteiger partial charge in [-0.1, -0.05) is 6.42 Å². The van der Waals surface area contributed by atoms with Crippen LogP contribution in [0.15, 0.2) is 12.7 Å². The molecule has 0 fully saturated rings. The van der Waals surface area contributed by atoms with E-state index in [0.29, 0.717) is 29.7 Å². The molecule has 0 aromatic carbocycles. The molecule has 2 atom stereocenters. The van der Waals surface area contributed by atoms with Crippen molar-refractivity contribution in [3.63, 3.8) is 0 Å². The van der Waals surface area contributed by atoms with Crippen molar-refractivity contribution in [3.05, 3.63) is 18.3 Å². The summed E-state index contributed by atoms with van der Waals surface area (Å²) >= 11 is 6.32. The minimum Gasteiger partial charge on any atom is -0.427 e. The Morgan fingerprint density at radius 1 is 1.37 bits per heavy atom. The van der Waals surface area contributed by atoms with Crippen LogP contribution in [0.3, 0.4) is 0 Å². The maximum Gasteiger partial charge on any atom is 0.451 e. The maximum atomic E-state index is 8.78. The number of hydrogen-bond acceptors (Lipinski definition) is 6. The molecule has 2 aromatic heterocycles. The summed E-state index contributed by atoms with van der Waals surface area (Å²) in [7, 11) is -1.31. The van der Waals surface area contributed by atoms with Gasteiger partial charge in [0.25, 0.3) is 0 Å².